The lowest BCUT2D eigenvalue weighted by Crippen LogP contribution is -2.49. The Kier molecular flexibility index (Phi) is 4.46. The zero-order chi connectivity index (χ0) is 15.8. The largest absolute Gasteiger partial charge is 0.398 e. The molecule has 1 aliphatic rings. The Morgan fingerprint density at radius 1 is 1.24 bits per heavy atom. The van der Waals surface area contributed by atoms with Crippen LogP contribution in [-0.4, -0.2) is 49.7 Å². The first-order valence-electron chi connectivity index (χ1n) is 6.55. The highest BCUT2D eigenvalue weighted by Gasteiger charge is 2.31. The van der Waals surface area contributed by atoms with E-state index in [4.69, 9.17) is 17.3 Å². The second-order valence-electron chi connectivity index (χ2n) is 5.05. The van der Waals surface area contributed by atoms with Crippen LogP contribution in [0.15, 0.2) is 17.0 Å². The van der Waals surface area contributed by atoms with Gasteiger partial charge in [0.1, 0.15) is 4.90 Å². The first kappa shape index (κ1) is 16.1. The molecule has 1 aromatic rings. The van der Waals surface area contributed by atoms with Crippen LogP contribution in [0.1, 0.15) is 12.5 Å². The summed E-state index contributed by atoms with van der Waals surface area (Å²) in [5, 5.41) is 0.163. The van der Waals surface area contributed by atoms with Crippen molar-refractivity contribution in [2.75, 3.05) is 31.9 Å². The summed E-state index contributed by atoms with van der Waals surface area (Å²) in [5.41, 5.74) is 6.91. The molecule has 0 aliphatic carbocycles. The maximum absolute atomic E-state index is 12.6. The molecule has 6 nitrogen and oxygen atoms in total. The quantitative estimate of drug-likeness (QED) is 0.822. The summed E-state index contributed by atoms with van der Waals surface area (Å²) >= 11 is 6.06. The molecule has 0 atom stereocenters. The number of carbonyl (C=O) groups is 1. The van der Waals surface area contributed by atoms with E-state index in [1.807, 2.05) is 0 Å². The maximum Gasteiger partial charge on any atom is 0.244 e. The minimum Gasteiger partial charge on any atom is -0.398 e. The summed E-state index contributed by atoms with van der Waals surface area (Å²) in [4.78, 5) is 12.9. The lowest BCUT2D eigenvalue weighted by molar-refractivity contribution is -0.129. The molecule has 2 N–H and O–H groups in total. The van der Waals surface area contributed by atoms with Crippen molar-refractivity contribution in [3.05, 3.63) is 22.7 Å². The number of halogens is 1. The Balaban J connectivity index is 2.28. The van der Waals surface area contributed by atoms with Gasteiger partial charge in [0.2, 0.25) is 15.9 Å². The van der Waals surface area contributed by atoms with E-state index < -0.39 is 10.0 Å². The van der Waals surface area contributed by atoms with Gasteiger partial charge in [-0.05, 0) is 24.6 Å². The van der Waals surface area contributed by atoms with Crippen LogP contribution in [0.3, 0.4) is 0 Å². The Bertz CT molecular complexity index is 667. The average molecular weight is 332 g/mol. The summed E-state index contributed by atoms with van der Waals surface area (Å²) in [7, 11) is -3.70. The molecule has 0 unspecified atom stereocenters. The maximum atomic E-state index is 12.6. The van der Waals surface area contributed by atoms with E-state index in [0.717, 1.165) is 5.56 Å². The van der Waals surface area contributed by atoms with Crippen LogP contribution >= 0.6 is 11.6 Å². The monoisotopic (exact) mass is 331 g/mol. The minimum absolute atomic E-state index is 0.0172. The van der Waals surface area contributed by atoms with Gasteiger partial charge in [0.05, 0.1) is 5.02 Å². The van der Waals surface area contributed by atoms with Gasteiger partial charge in [0.25, 0.3) is 0 Å². The summed E-state index contributed by atoms with van der Waals surface area (Å²) in [6, 6.07) is 2.94. The molecule has 116 valence electrons. The second kappa shape index (κ2) is 5.82. The van der Waals surface area contributed by atoms with E-state index in [2.05, 4.69) is 0 Å². The summed E-state index contributed by atoms with van der Waals surface area (Å²) in [6.45, 7) is 4.52. The number of piperazine rings is 1. The van der Waals surface area contributed by atoms with Gasteiger partial charge in [0, 0.05) is 38.8 Å². The molecule has 1 aromatic carbocycles. The fourth-order valence-electron chi connectivity index (χ4n) is 2.25. The predicted molar refractivity (Wildman–Crippen MR) is 81.6 cm³/mol. The Morgan fingerprint density at radius 2 is 1.81 bits per heavy atom. The topological polar surface area (TPSA) is 83.7 Å². The van der Waals surface area contributed by atoms with Crippen molar-refractivity contribution >= 4 is 33.2 Å². The van der Waals surface area contributed by atoms with Crippen LogP contribution in [0.5, 0.6) is 0 Å². The zero-order valence-electron chi connectivity index (χ0n) is 12.0. The van der Waals surface area contributed by atoms with Crippen molar-refractivity contribution in [1.29, 1.82) is 0 Å². The molecule has 21 heavy (non-hydrogen) atoms. The van der Waals surface area contributed by atoms with Crippen molar-refractivity contribution in [2.45, 2.75) is 18.7 Å². The Labute approximate surface area is 129 Å². The van der Waals surface area contributed by atoms with E-state index in [1.165, 1.54) is 17.3 Å². The smallest absolute Gasteiger partial charge is 0.244 e. The molecule has 1 heterocycles. The summed E-state index contributed by atoms with van der Waals surface area (Å²) < 4.78 is 26.6. The van der Waals surface area contributed by atoms with Crippen molar-refractivity contribution in [1.82, 2.24) is 9.21 Å². The van der Waals surface area contributed by atoms with Crippen LogP contribution in [0.4, 0.5) is 5.69 Å². The van der Waals surface area contributed by atoms with Gasteiger partial charge in [-0.3, -0.25) is 4.79 Å². The van der Waals surface area contributed by atoms with E-state index in [-0.39, 0.29) is 28.9 Å². The predicted octanol–water partition coefficient (Wildman–Crippen LogP) is 1.08. The molecule has 0 saturated carbocycles. The van der Waals surface area contributed by atoms with Crippen molar-refractivity contribution in [3.8, 4) is 0 Å². The highest BCUT2D eigenvalue weighted by atomic mass is 35.5. The number of nitrogen functional groups attached to an aromatic ring is 1. The number of anilines is 1. The number of hydrogen-bond donors (Lipinski definition) is 1. The first-order valence-corrected chi connectivity index (χ1v) is 8.36. The lowest BCUT2D eigenvalue weighted by atomic mass is 10.2. The van der Waals surface area contributed by atoms with E-state index in [9.17, 15) is 13.2 Å². The number of benzene rings is 1. The third-order valence-electron chi connectivity index (χ3n) is 3.62. The van der Waals surface area contributed by atoms with E-state index >= 15 is 0 Å². The lowest BCUT2D eigenvalue weighted by Gasteiger charge is -2.33. The van der Waals surface area contributed by atoms with E-state index in [0.29, 0.717) is 18.8 Å². The van der Waals surface area contributed by atoms with Crippen molar-refractivity contribution in [3.63, 3.8) is 0 Å². The van der Waals surface area contributed by atoms with Gasteiger partial charge in [-0.2, -0.15) is 4.31 Å². The molecule has 8 heteroatoms. The van der Waals surface area contributed by atoms with Gasteiger partial charge < -0.3 is 10.6 Å². The standard InChI is InChI=1S/C13H18ClN3O3S/c1-9-7-11(14)13(8-12(9)15)21(19,20)17-5-3-16(4-6-17)10(2)18/h7-8H,3-6,15H2,1-2H3. The number of sulfonamides is 1. The number of rotatable bonds is 2. The molecular weight excluding hydrogens is 314 g/mol. The molecule has 0 radical (unpaired) electrons. The molecule has 0 bridgehead atoms. The number of aryl methyl sites for hydroxylation is 1. The third kappa shape index (κ3) is 3.14. The molecule has 1 fully saturated rings. The van der Waals surface area contributed by atoms with Crippen molar-refractivity contribution in [2.24, 2.45) is 0 Å². The normalized spacial score (nSPS) is 17.0. The number of hydrogen-bond acceptors (Lipinski definition) is 4. The van der Waals surface area contributed by atoms with Crippen molar-refractivity contribution < 1.29 is 13.2 Å². The van der Waals surface area contributed by atoms with Crippen LogP contribution in [-0.2, 0) is 14.8 Å². The van der Waals surface area contributed by atoms with Crippen LogP contribution in [0.25, 0.3) is 0 Å². The molecule has 0 aromatic heterocycles. The third-order valence-corrected chi connectivity index (χ3v) is 5.99. The minimum atomic E-state index is -3.70. The number of nitrogens with zero attached hydrogens (tertiary/aromatic N) is 2. The second-order valence-corrected chi connectivity index (χ2v) is 7.36. The van der Waals surface area contributed by atoms with Gasteiger partial charge in [-0.25, -0.2) is 8.42 Å². The van der Waals surface area contributed by atoms with E-state index in [1.54, 1.807) is 17.9 Å². The average Bonchev–Trinajstić information content (AvgIpc) is 2.42. The van der Waals surface area contributed by atoms with Crippen LogP contribution in [0.2, 0.25) is 5.02 Å². The van der Waals surface area contributed by atoms with Gasteiger partial charge in [-0.15, -0.1) is 0 Å². The number of nitrogens with two attached hydrogens (primary N) is 1. The highest BCUT2D eigenvalue weighted by Crippen LogP contribution is 2.29. The molecular formula is C13H18ClN3O3S. The highest BCUT2D eigenvalue weighted by molar-refractivity contribution is 7.89. The van der Waals surface area contributed by atoms with Crippen LogP contribution in [0, 0.1) is 6.92 Å². The molecule has 2 rings (SSSR count). The van der Waals surface area contributed by atoms with Crippen LogP contribution < -0.4 is 5.73 Å². The first-order chi connectivity index (χ1) is 9.73. The summed E-state index contributed by atoms with van der Waals surface area (Å²) in [6.07, 6.45) is 0. The zero-order valence-corrected chi connectivity index (χ0v) is 13.5. The Hall–Kier alpha value is -1.31. The molecule has 0 spiro atoms. The SMILES string of the molecule is CC(=O)N1CCN(S(=O)(=O)c2cc(N)c(C)cc2Cl)CC1. The molecule has 1 amide bonds. The van der Waals surface area contributed by atoms with Gasteiger partial charge in [0.15, 0.2) is 0 Å². The van der Waals surface area contributed by atoms with Gasteiger partial charge in [-0.1, -0.05) is 11.6 Å². The number of amides is 1. The summed E-state index contributed by atoms with van der Waals surface area (Å²) in [5.74, 6) is -0.0512. The van der Waals surface area contributed by atoms with Gasteiger partial charge >= 0.3 is 0 Å². The Morgan fingerprint density at radius 3 is 2.33 bits per heavy atom. The molecule has 1 saturated heterocycles. The number of carbonyl (C=O) groups excluding carboxylic acids is 1. The fraction of sp³-hybridized carbons (Fsp3) is 0.462. The fourth-order valence-corrected chi connectivity index (χ4v) is 4.26. The molecule has 1 aliphatic heterocycles.